The van der Waals surface area contributed by atoms with Crippen molar-refractivity contribution in [3.63, 3.8) is 0 Å². The quantitative estimate of drug-likeness (QED) is 0.255. The molecule has 0 heterocycles. The maximum atomic E-state index is 4.08. The van der Waals surface area contributed by atoms with E-state index in [1.54, 1.807) is 5.57 Å². The van der Waals surface area contributed by atoms with E-state index in [-0.39, 0.29) is 0 Å². The minimum atomic E-state index is 0.480. The average molecular weight is 487 g/mol. The molecule has 6 aliphatic rings. The van der Waals surface area contributed by atoms with Gasteiger partial charge in [-0.3, -0.25) is 0 Å². The van der Waals surface area contributed by atoms with Crippen LogP contribution >= 0.6 is 0 Å². The van der Waals surface area contributed by atoms with Crippen LogP contribution in [-0.4, -0.2) is 0 Å². The molecule has 10 atom stereocenters. The highest BCUT2D eigenvalue weighted by Gasteiger charge is 2.55. The Hall–Kier alpha value is -1.30. The van der Waals surface area contributed by atoms with Gasteiger partial charge in [0.2, 0.25) is 0 Å². The first-order valence-corrected chi connectivity index (χ1v) is 15.8. The summed E-state index contributed by atoms with van der Waals surface area (Å²) in [6, 6.07) is 0. The summed E-state index contributed by atoms with van der Waals surface area (Å²) in [6.45, 7) is 16.4. The smallest absolute Gasteiger partial charge is 0.00465 e. The molecule has 0 aliphatic heterocycles. The van der Waals surface area contributed by atoms with Gasteiger partial charge in [0.25, 0.3) is 0 Å². The molecule has 198 valence electrons. The van der Waals surface area contributed by atoms with Crippen LogP contribution in [0.4, 0.5) is 0 Å². The van der Waals surface area contributed by atoms with Crippen molar-refractivity contribution in [3.05, 3.63) is 59.8 Å². The van der Waals surface area contributed by atoms with Crippen LogP contribution in [0, 0.1) is 58.7 Å². The molecule has 0 saturated heterocycles. The Labute approximate surface area is 223 Å². The summed E-state index contributed by atoms with van der Waals surface area (Å²) in [4.78, 5) is 0. The SMILES string of the molecule is C=CCC=C(CC(CC)C1=C2C(CC)CC1C2C)CC1C2CC(CC=CC3CC3(C=CCC)C2)C1C. The Balaban J connectivity index is 1.35. The maximum absolute atomic E-state index is 4.08. The van der Waals surface area contributed by atoms with Gasteiger partial charge in [0.1, 0.15) is 0 Å². The molecule has 36 heavy (non-hydrogen) atoms. The highest BCUT2D eigenvalue weighted by atomic mass is 14.6. The Morgan fingerprint density at radius 2 is 1.97 bits per heavy atom. The molecule has 0 heteroatoms. The predicted octanol–water partition coefficient (Wildman–Crippen LogP) is 10.5. The number of allylic oxidation sites excluding steroid dienone is 9. The van der Waals surface area contributed by atoms with E-state index in [9.17, 15) is 0 Å². The van der Waals surface area contributed by atoms with Crippen LogP contribution in [0.3, 0.4) is 0 Å². The third-order valence-electron chi connectivity index (χ3n) is 11.8. The highest BCUT2D eigenvalue weighted by molar-refractivity contribution is 5.42. The van der Waals surface area contributed by atoms with E-state index >= 15 is 0 Å². The van der Waals surface area contributed by atoms with Crippen molar-refractivity contribution in [1.29, 1.82) is 0 Å². The van der Waals surface area contributed by atoms with Gasteiger partial charge in [0, 0.05) is 0 Å². The van der Waals surface area contributed by atoms with Crippen LogP contribution in [-0.2, 0) is 0 Å². The fourth-order valence-corrected chi connectivity index (χ4v) is 9.58. The third kappa shape index (κ3) is 4.69. The molecule has 0 aromatic carbocycles. The van der Waals surface area contributed by atoms with E-state index in [1.165, 1.54) is 64.2 Å². The number of rotatable bonds is 11. The standard InChI is InChI=1S/C36H54/c1-7-11-14-26(18-27(9-3)35-33-21-28(10-4)34(35)25(33)6)19-32-24(5)29-15-13-16-31-23-36(31,17-12-8-2)22-30(32)20-29/h7,12-14,16-17,24-25,27-33H,1,8-11,15,18-23H2,2-6H3. The van der Waals surface area contributed by atoms with Gasteiger partial charge in [0.15, 0.2) is 0 Å². The number of fused-ring (bicyclic) bond motifs is 4. The minimum absolute atomic E-state index is 0.480. The predicted molar refractivity (Wildman–Crippen MR) is 157 cm³/mol. The zero-order chi connectivity index (χ0) is 25.4. The Morgan fingerprint density at radius 1 is 1.14 bits per heavy atom. The van der Waals surface area contributed by atoms with Crippen molar-refractivity contribution in [3.8, 4) is 0 Å². The lowest BCUT2D eigenvalue weighted by molar-refractivity contribution is 0.262. The van der Waals surface area contributed by atoms with Crippen LogP contribution in [0.15, 0.2) is 59.8 Å². The summed E-state index contributed by atoms with van der Waals surface area (Å²) in [5, 5.41) is 0. The lowest BCUT2D eigenvalue weighted by atomic mass is 9.67. The van der Waals surface area contributed by atoms with E-state index in [2.05, 4.69) is 77.7 Å². The largest absolute Gasteiger partial charge is 0.103 e. The fraction of sp³-hybridized carbons (Fsp3) is 0.722. The van der Waals surface area contributed by atoms with Gasteiger partial charge in [-0.2, -0.15) is 0 Å². The van der Waals surface area contributed by atoms with Crippen LogP contribution in [0.2, 0.25) is 0 Å². The van der Waals surface area contributed by atoms with Crippen molar-refractivity contribution in [2.24, 2.45) is 58.7 Å². The lowest BCUT2D eigenvalue weighted by Crippen LogP contribution is -2.27. The summed E-state index contributed by atoms with van der Waals surface area (Å²) in [5.74, 6) is 7.77. The molecule has 0 spiro atoms. The van der Waals surface area contributed by atoms with Crippen molar-refractivity contribution in [2.75, 3.05) is 0 Å². The molecule has 0 amide bonds. The zero-order valence-electron chi connectivity index (χ0n) is 24.1. The first kappa shape index (κ1) is 26.3. The normalized spacial score (nSPS) is 42.1. The van der Waals surface area contributed by atoms with Crippen LogP contribution < -0.4 is 0 Å². The maximum Gasteiger partial charge on any atom is -0.00465 e. The average Bonchev–Trinajstić information content (AvgIpc) is 3.14. The molecule has 6 aliphatic carbocycles. The lowest BCUT2D eigenvalue weighted by Gasteiger charge is -2.38. The topological polar surface area (TPSA) is 0 Å². The molecule has 0 nitrogen and oxygen atoms in total. The number of hydrogen-bond acceptors (Lipinski definition) is 0. The van der Waals surface area contributed by atoms with Crippen molar-refractivity contribution < 1.29 is 0 Å². The van der Waals surface area contributed by atoms with E-state index in [1.807, 2.05) is 11.1 Å². The molecule has 3 saturated carbocycles. The zero-order valence-corrected chi connectivity index (χ0v) is 24.1. The van der Waals surface area contributed by atoms with Gasteiger partial charge in [0.05, 0.1) is 0 Å². The van der Waals surface area contributed by atoms with Gasteiger partial charge in [-0.15, -0.1) is 6.58 Å². The summed E-state index contributed by atoms with van der Waals surface area (Å²) in [7, 11) is 0. The summed E-state index contributed by atoms with van der Waals surface area (Å²) in [6.07, 6.45) is 29.6. The molecule has 6 rings (SSSR count). The van der Waals surface area contributed by atoms with Crippen molar-refractivity contribution in [2.45, 2.75) is 105 Å². The molecule has 4 bridgehead atoms. The minimum Gasteiger partial charge on any atom is -0.103 e. The van der Waals surface area contributed by atoms with E-state index in [0.717, 1.165) is 59.7 Å². The van der Waals surface area contributed by atoms with E-state index < -0.39 is 0 Å². The fourth-order valence-electron chi connectivity index (χ4n) is 9.58. The van der Waals surface area contributed by atoms with Gasteiger partial charge in [-0.1, -0.05) is 87.8 Å². The molecule has 0 N–H and O–H groups in total. The Morgan fingerprint density at radius 3 is 2.67 bits per heavy atom. The second kappa shape index (κ2) is 10.8. The molecule has 3 fully saturated rings. The molecular formula is C36H54. The van der Waals surface area contributed by atoms with Crippen molar-refractivity contribution in [1.82, 2.24) is 0 Å². The van der Waals surface area contributed by atoms with Crippen molar-refractivity contribution >= 4 is 0 Å². The van der Waals surface area contributed by atoms with Crippen LogP contribution in [0.1, 0.15) is 105 Å². The summed E-state index contributed by atoms with van der Waals surface area (Å²) < 4.78 is 0. The van der Waals surface area contributed by atoms with E-state index in [0.29, 0.717) is 5.41 Å². The monoisotopic (exact) mass is 486 g/mol. The third-order valence-corrected chi connectivity index (χ3v) is 11.8. The van der Waals surface area contributed by atoms with E-state index in [4.69, 9.17) is 0 Å². The molecule has 0 aromatic heterocycles. The molecule has 10 unspecified atom stereocenters. The summed E-state index contributed by atoms with van der Waals surface area (Å²) in [5.41, 5.74) is 6.05. The second-order valence-corrected chi connectivity index (χ2v) is 13.5. The number of hydrogen-bond donors (Lipinski definition) is 0. The molecule has 0 aromatic rings. The van der Waals surface area contributed by atoms with Crippen LogP contribution in [0.25, 0.3) is 0 Å². The van der Waals surface area contributed by atoms with Gasteiger partial charge < -0.3 is 0 Å². The van der Waals surface area contributed by atoms with Gasteiger partial charge in [-0.25, -0.2) is 0 Å². The van der Waals surface area contributed by atoms with Gasteiger partial charge >= 0.3 is 0 Å². The molecule has 0 radical (unpaired) electrons. The highest BCUT2D eigenvalue weighted by Crippen LogP contribution is 2.64. The Kier molecular flexibility index (Phi) is 7.91. The second-order valence-electron chi connectivity index (χ2n) is 13.5. The molecular weight excluding hydrogens is 432 g/mol. The van der Waals surface area contributed by atoms with Gasteiger partial charge in [-0.05, 0) is 129 Å². The Bertz CT molecular complexity index is 926. The first-order valence-electron chi connectivity index (χ1n) is 15.8. The van der Waals surface area contributed by atoms with Crippen LogP contribution in [0.5, 0.6) is 0 Å². The summed E-state index contributed by atoms with van der Waals surface area (Å²) >= 11 is 0. The first-order chi connectivity index (χ1) is 17.5.